The van der Waals surface area contributed by atoms with E-state index < -0.39 is 0 Å². The summed E-state index contributed by atoms with van der Waals surface area (Å²) in [5, 5.41) is 0.596. The number of ether oxygens (including phenoxy) is 2. The van der Waals surface area contributed by atoms with Crippen molar-refractivity contribution in [3.05, 3.63) is 70.9 Å². The van der Waals surface area contributed by atoms with Gasteiger partial charge in [0, 0.05) is 18.2 Å². The largest absolute Gasteiger partial charge is 0.454 e. The second-order valence-electron chi connectivity index (χ2n) is 7.70. The van der Waals surface area contributed by atoms with Gasteiger partial charge in [-0.05, 0) is 54.8 Å². The lowest BCUT2D eigenvalue weighted by Gasteiger charge is -2.28. The maximum Gasteiger partial charge on any atom is 0.290 e. The molecule has 1 fully saturated rings. The highest BCUT2D eigenvalue weighted by atomic mass is 35.5. The molecule has 5 nitrogen and oxygen atoms in total. The number of hydrogen-bond acceptors (Lipinski definition) is 4. The average molecular weight is 424 g/mol. The quantitative estimate of drug-likeness (QED) is 0.511. The van der Waals surface area contributed by atoms with Crippen LogP contribution in [0.1, 0.15) is 41.8 Å². The van der Waals surface area contributed by atoms with Crippen molar-refractivity contribution in [3.63, 3.8) is 0 Å². The van der Waals surface area contributed by atoms with Crippen molar-refractivity contribution in [2.24, 2.45) is 0 Å². The summed E-state index contributed by atoms with van der Waals surface area (Å²) in [6, 6.07) is 17.1. The Morgan fingerprint density at radius 1 is 1.00 bits per heavy atom. The first-order valence-electron chi connectivity index (χ1n) is 10.2. The molecule has 2 heterocycles. The predicted molar refractivity (Wildman–Crippen MR) is 114 cm³/mol. The van der Waals surface area contributed by atoms with E-state index in [9.17, 15) is 4.79 Å². The first kappa shape index (κ1) is 19.1. The molecule has 0 radical (unpaired) electrons. The van der Waals surface area contributed by atoms with Crippen molar-refractivity contribution < 1.29 is 18.7 Å². The van der Waals surface area contributed by atoms with Gasteiger partial charge in [0.15, 0.2) is 17.3 Å². The number of carbonyl (C=O) groups is 1. The molecule has 1 aromatic heterocycles. The first-order chi connectivity index (χ1) is 14.7. The van der Waals surface area contributed by atoms with E-state index in [4.69, 9.17) is 25.5 Å². The van der Waals surface area contributed by atoms with Crippen LogP contribution in [0.2, 0.25) is 5.02 Å². The number of benzene rings is 2. The third kappa shape index (κ3) is 3.65. The summed E-state index contributed by atoms with van der Waals surface area (Å²) < 4.78 is 16.8. The molecule has 2 aliphatic rings. The minimum atomic E-state index is -0.0992. The minimum absolute atomic E-state index is 0.0992. The SMILES string of the molecule is O=C(c1ccc(-c2ccccc2Cl)o1)N(Cc1ccc2c(c1)OCO2)C1CCCC1. The Hall–Kier alpha value is -2.92. The zero-order valence-electron chi connectivity index (χ0n) is 16.5. The zero-order valence-corrected chi connectivity index (χ0v) is 17.2. The molecule has 1 aliphatic heterocycles. The van der Waals surface area contributed by atoms with E-state index in [1.807, 2.05) is 53.4 Å². The lowest BCUT2D eigenvalue weighted by Crippen LogP contribution is -2.38. The molecule has 5 rings (SSSR count). The number of carbonyl (C=O) groups excluding carboxylic acids is 1. The Bertz CT molecular complexity index is 1070. The smallest absolute Gasteiger partial charge is 0.290 e. The van der Waals surface area contributed by atoms with Crippen molar-refractivity contribution in [2.45, 2.75) is 38.3 Å². The third-order valence-electron chi connectivity index (χ3n) is 5.77. The summed E-state index contributed by atoms with van der Waals surface area (Å²) in [6.45, 7) is 0.740. The molecule has 0 bridgehead atoms. The second-order valence-corrected chi connectivity index (χ2v) is 8.11. The molecule has 2 aromatic carbocycles. The van der Waals surface area contributed by atoms with Crippen LogP contribution < -0.4 is 9.47 Å². The highest BCUT2D eigenvalue weighted by Gasteiger charge is 2.30. The van der Waals surface area contributed by atoms with Crippen LogP contribution in [0.15, 0.2) is 59.0 Å². The first-order valence-corrected chi connectivity index (χ1v) is 10.6. The lowest BCUT2D eigenvalue weighted by molar-refractivity contribution is 0.0632. The van der Waals surface area contributed by atoms with Gasteiger partial charge in [0.05, 0.1) is 5.02 Å². The van der Waals surface area contributed by atoms with Crippen LogP contribution in [0.3, 0.4) is 0 Å². The zero-order chi connectivity index (χ0) is 20.5. The Labute approximate surface area is 180 Å². The number of rotatable bonds is 5. The molecule has 3 aromatic rings. The summed E-state index contributed by atoms with van der Waals surface area (Å²) in [4.78, 5) is 15.4. The summed E-state index contributed by atoms with van der Waals surface area (Å²) in [7, 11) is 0. The van der Waals surface area contributed by atoms with Gasteiger partial charge in [-0.3, -0.25) is 4.79 Å². The summed E-state index contributed by atoms with van der Waals surface area (Å²) >= 11 is 6.29. The molecule has 0 N–H and O–H groups in total. The van der Waals surface area contributed by atoms with Crippen LogP contribution in [-0.2, 0) is 6.54 Å². The Morgan fingerprint density at radius 2 is 1.80 bits per heavy atom. The molecule has 154 valence electrons. The summed E-state index contributed by atoms with van der Waals surface area (Å²) in [6.07, 6.45) is 4.29. The van der Waals surface area contributed by atoms with E-state index in [1.165, 1.54) is 0 Å². The van der Waals surface area contributed by atoms with E-state index in [0.717, 1.165) is 48.3 Å². The summed E-state index contributed by atoms with van der Waals surface area (Å²) in [5.74, 6) is 2.30. The molecule has 30 heavy (non-hydrogen) atoms. The monoisotopic (exact) mass is 423 g/mol. The van der Waals surface area contributed by atoms with Gasteiger partial charge >= 0.3 is 0 Å². The van der Waals surface area contributed by atoms with Gasteiger partial charge in [-0.2, -0.15) is 0 Å². The van der Waals surface area contributed by atoms with Gasteiger partial charge in [0.2, 0.25) is 6.79 Å². The molecule has 1 aliphatic carbocycles. The van der Waals surface area contributed by atoms with E-state index in [-0.39, 0.29) is 18.7 Å². The van der Waals surface area contributed by atoms with Gasteiger partial charge < -0.3 is 18.8 Å². The normalized spacial score (nSPS) is 15.5. The third-order valence-corrected chi connectivity index (χ3v) is 6.10. The summed E-state index contributed by atoms with van der Waals surface area (Å²) in [5.41, 5.74) is 1.79. The van der Waals surface area contributed by atoms with Crippen molar-refractivity contribution in [3.8, 4) is 22.8 Å². The lowest BCUT2D eigenvalue weighted by atomic mass is 10.1. The van der Waals surface area contributed by atoms with Crippen molar-refractivity contribution >= 4 is 17.5 Å². The predicted octanol–water partition coefficient (Wildman–Crippen LogP) is 5.91. The molecule has 0 spiro atoms. The fraction of sp³-hybridized carbons (Fsp3) is 0.292. The van der Waals surface area contributed by atoms with E-state index in [0.29, 0.717) is 23.1 Å². The van der Waals surface area contributed by atoms with Crippen LogP contribution in [0.25, 0.3) is 11.3 Å². The maximum atomic E-state index is 13.4. The van der Waals surface area contributed by atoms with Gasteiger partial charge in [-0.1, -0.05) is 42.6 Å². The highest BCUT2D eigenvalue weighted by Crippen LogP contribution is 2.35. The van der Waals surface area contributed by atoms with Crippen molar-refractivity contribution in [1.82, 2.24) is 4.90 Å². The van der Waals surface area contributed by atoms with Gasteiger partial charge in [0.25, 0.3) is 5.91 Å². The van der Waals surface area contributed by atoms with Crippen LogP contribution in [0, 0.1) is 0 Å². The van der Waals surface area contributed by atoms with E-state index >= 15 is 0 Å². The average Bonchev–Trinajstić information content (AvgIpc) is 3.53. The molecule has 0 saturated heterocycles. The van der Waals surface area contributed by atoms with Crippen LogP contribution in [-0.4, -0.2) is 23.6 Å². The number of fused-ring (bicyclic) bond motifs is 1. The van der Waals surface area contributed by atoms with Gasteiger partial charge in [0.1, 0.15) is 5.76 Å². The Morgan fingerprint density at radius 3 is 2.63 bits per heavy atom. The Balaban J connectivity index is 1.42. The number of hydrogen-bond donors (Lipinski definition) is 0. The van der Waals surface area contributed by atoms with Gasteiger partial charge in [-0.15, -0.1) is 0 Å². The number of amides is 1. The van der Waals surface area contributed by atoms with E-state index in [1.54, 1.807) is 6.07 Å². The molecular formula is C24H22ClNO4. The standard InChI is InChI=1S/C24H22ClNO4/c25-19-8-4-3-7-18(19)20-11-12-22(30-20)24(27)26(17-5-1-2-6-17)14-16-9-10-21-23(13-16)29-15-28-21/h3-4,7-13,17H,1-2,5-6,14-15H2. The number of furan rings is 1. The fourth-order valence-corrected chi connectivity index (χ4v) is 4.45. The second kappa shape index (κ2) is 8.07. The topological polar surface area (TPSA) is 51.9 Å². The molecule has 1 saturated carbocycles. The van der Waals surface area contributed by atoms with Crippen LogP contribution in [0.4, 0.5) is 0 Å². The minimum Gasteiger partial charge on any atom is -0.454 e. The Kier molecular flexibility index (Phi) is 5.13. The molecule has 6 heteroatoms. The maximum absolute atomic E-state index is 13.4. The van der Waals surface area contributed by atoms with Crippen LogP contribution in [0.5, 0.6) is 11.5 Å². The molecule has 0 atom stereocenters. The highest BCUT2D eigenvalue weighted by molar-refractivity contribution is 6.33. The van der Waals surface area contributed by atoms with Crippen LogP contribution >= 0.6 is 11.6 Å². The van der Waals surface area contributed by atoms with Crippen molar-refractivity contribution in [1.29, 1.82) is 0 Å². The van der Waals surface area contributed by atoms with Gasteiger partial charge in [-0.25, -0.2) is 0 Å². The number of halogens is 1. The molecule has 1 amide bonds. The van der Waals surface area contributed by atoms with E-state index in [2.05, 4.69) is 0 Å². The molecular weight excluding hydrogens is 402 g/mol. The molecule has 0 unspecified atom stereocenters. The number of nitrogens with zero attached hydrogens (tertiary/aromatic N) is 1. The van der Waals surface area contributed by atoms with Crippen molar-refractivity contribution in [2.75, 3.05) is 6.79 Å². The fourth-order valence-electron chi connectivity index (χ4n) is 4.22.